The van der Waals surface area contributed by atoms with E-state index in [-0.39, 0.29) is 10.9 Å². The van der Waals surface area contributed by atoms with E-state index in [1.165, 1.54) is 9.54 Å². The topological polar surface area (TPSA) is 73.0 Å². The second kappa shape index (κ2) is 8.62. The first-order valence-electron chi connectivity index (χ1n) is 11.9. The Balaban J connectivity index is 1.35. The van der Waals surface area contributed by atoms with Gasteiger partial charge >= 0.3 is 0 Å². The Hall–Kier alpha value is -3.49. The number of aromatic nitrogens is 4. The van der Waals surface area contributed by atoms with Gasteiger partial charge in [0.1, 0.15) is 5.52 Å². The number of piperidine rings is 1. The number of benzene rings is 2. The predicted octanol–water partition coefficient (Wildman–Crippen LogP) is 4.71. The van der Waals surface area contributed by atoms with Crippen molar-refractivity contribution >= 4 is 32.1 Å². The van der Waals surface area contributed by atoms with Crippen LogP contribution in [0.15, 0.2) is 90.3 Å². The number of nitrogens with zero attached hydrogens (tertiary/aromatic N) is 5. The van der Waals surface area contributed by atoms with E-state index in [1.54, 1.807) is 42.7 Å². The normalized spacial score (nSPS) is 19.5. The average Bonchev–Trinajstić information content (AvgIpc) is 3.50. The van der Waals surface area contributed by atoms with Gasteiger partial charge in [-0.05, 0) is 36.1 Å². The molecule has 0 bridgehead atoms. The fraction of sp³-hybridized carbons (Fsp3) is 0.259. The fourth-order valence-corrected chi connectivity index (χ4v) is 6.68. The molecule has 178 valence electrons. The van der Waals surface area contributed by atoms with Crippen molar-refractivity contribution in [3.63, 3.8) is 0 Å². The Bertz CT molecular complexity index is 1590. The molecule has 0 radical (unpaired) electrons. The van der Waals surface area contributed by atoms with Gasteiger partial charge in [0.25, 0.3) is 10.0 Å². The quantitative estimate of drug-likeness (QED) is 0.361. The summed E-state index contributed by atoms with van der Waals surface area (Å²) in [5.41, 5.74) is 3.49. The highest BCUT2D eigenvalue weighted by Crippen LogP contribution is 2.34. The monoisotopic (exact) mass is 485 g/mol. The third-order valence-electron chi connectivity index (χ3n) is 7.06. The summed E-state index contributed by atoms with van der Waals surface area (Å²) in [5, 5.41) is 0.804. The van der Waals surface area contributed by atoms with E-state index in [9.17, 15) is 8.42 Å². The summed E-state index contributed by atoms with van der Waals surface area (Å²) in [5.74, 6) is 0.420. The third kappa shape index (κ3) is 3.83. The smallest absolute Gasteiger partial charge is 0.269 e. The van der Waals surface area contributed by atoms with Gasteiger partial charge in [-0.25, -0.2) is 22.4 Å². The second-order valence-corrected chi connectivity index (χ2v) is 11.2. The predicted molar refractivity (Wildman–Crippen MR) is 137 cm³/mol. The molecular formula is C27H27N5O2S. The lowest BCUT2D eigenvalue weighted by molar-refractivity contribution is 0.129. The molecule has 8 heteroatoms. The van der Waals surface area contributed by atoms with Crippen molar-refractivity contribution in [1.82, 2.24) is 23.4 Å². The Morgan fingerprint density at radius 1 is 0.971 bits per heavy atom. The molecule has 0 saturated carbocycles. The summed E-state index contributed by atoms with van der Waals surface area (Å²) >= 11 is 0. The lowest BCUT2D eigenvalue weighted by Crippen LogP contribution is -2.39. The van der Waals surface area contributed by atoms with Gasteiger partial charge in [0.15, 0.2) is 5.65 Å². The van der Waals surface area contributed by atoms with Crippen molar-refractivity contribution in [2.75, 3.05) is 13.1 Å². The Kier molecular flexibility index (Phi) is 5.42. The molecule has 0 amide bonds. The first-order valence-corrected chi connectivity index (χ1v) is 13.4. The molecule has 2 atom stereocenters. The van der Waals surface area contributed by atoms with E-state index in [0.29, 0.717) is 11.6 Å². The molecule has 1 saturated heterocycles. The summed E-state index contributed by atoms with van der Waals surface area (Å²) in [6.45, 7) is 5.24. The van der Waals surface area contributed by atoms with Crippen molar-refractivity contribution in [1.29, 1.82) is 0 Å². The molecule has 0 N–H and O–H groups in total. The van der Waals surface area contributed by atoms with Crippen LogP contribution in [0.25, 0.3) is 22.1 Å². The van der Waals surface area contributed by atoms with Gasteiger partial charge in [-0.15, -0.1) is 0 Å². The lowest BCUT2D eigenvalue weighted by Gasteiger charge is -2.37. The van der Waals surface area contributed by atoms with E-state index in [4.69, 9.17) is 0 Å². The summed E-state index contributed by atoms with van der Waals surface area (Å²) in [4.78, 5) is 11.9. The molecule has 0 spiro atoms. The minimum atomic E-state index is -3.74. The van der Waals surface area contributed by atoms with Crippen LogP contribution in [0.2, 0.25) is 0 Å². The number of hydrogen-bond acceptors (Lipinski definition) is 5. The van der Waals surface area contributed by atoms with E-state index in [1.807, 2.05) is 12.4 Å². The van der Waals surface area contributed by atoms with Gasteiger partial charge in [0, 0.05) is 37.3 Å². The molecule has 2 aromatic carbocycles. The zero-order chi connectivity index (χ0) is 24.0. The zero-order valence-corrected chi connectivity index (χ0v) is 20.3. The van der Waals surface area contributed by atoms with Crippen LogP contribution in [0.5, 0.6) is 0 Å². The van der Waals surface area contributed by atoms with Crippen LogP contribution in [0.3, 0.4) is 0 Å². The van der Waals surface area contributed by atoms with Gasteiger partial charge in [-0.3, -0.25) is 4.90 Å². The maximum Gasteiger partial charge on any atom is 0.269 e. The minimum absolute atomic E-state index is 0.243. The lowest BCUT2D eigenvalue weighted by atomic mass is 9.93. The van der Waals surface area contributed by atoms with Crippen molar-refractivity contribution in [3.8, 4) is 0 Å². The van der Waals surface area contributed by atoms with Crippen LogP contribution in [0, 0.1) is 5.92 Å². The summed E-state index contributed by atoms with van der Waals surface area (Å²) in [6, 6.07) is 21.2. The van der Waals surface area contributed by atoms with E-state index in [2.05, 4.69) is 56.7 Å². The van der Waals surface area contributed by atoms with Gasteiger partial charge < -0.3 is 4.57 Å². The third-order valence-corrected chi connectivity index (χ3v) is 8.74. The molecule has 6 rings (SSSR count). The van der Waals surface area contributed by atoms with Crippen molar-refractivity contribution in [2.24, 2.45) is 5.92 Å². The zero-order valence-electron chi connectivity index (χ0n) is 19.5. The first-order chi connectivity index (χ1) is 17.0. The van der Waals surface area contributed by atoms with Crippen molar-refractivity contribution in [2.45, 2.75) is 30.8 Å². The highest BCUT2D eigenvalue weighted by Gasteiger charge is 2.29. The summed E-state index contributed by atoms with van der Waals surface area (Å²) < 4.78 is 30.1. The largest absolute Gasteiger partial charge is 0.326 e. The summed E-state index contributed by atoms with van der Waals surface area (Å²) in [6.07, 6.45) is 6.18. The average molecular weight is 486 g/mol. The Morgan fingerprint density at radius 2 is 1.71 bits per heavy atom. The second-order valence-electron chi connectivity index (χ2n) is 9.36. The van der Waals surface area contributed by atoms with Gasteiger partial charge in [-0.2, -0.15) is 0 Å². The highest BCUT2D eigenvalue weighted by atomic mass is 32.2. The molecule has 3 aromatic heterocycles. The number of fused-ring (bicyclic) bond motifs is 3. The summed E-state index contributed by atoms with van der Waals surface area (Å²) in [7, 11) is -3.74. The molecule has 0 aliphatic carbocycles. The number of pyridine rings is 1. The van der Waals surface area contributed by atoms with Crippen LogP contribution < -0.4 is 0 Å². The van der Waals surface area contributed by atoms with E-state index in [0.717, 1.165) is 42.5 Å². The van der Waals surface area contributed by atoms with Gasteiger partial charge in [-0.1, -0.05) is 55.5 Å². The number of imidazole rings is 1. The Labute approximate surface area is 204 Å². The van der Waals surface area contributed by atoms with Crippen LogP contribution in [0.4, 0.5) is 0 Å². The number of rotatable bonds is 5. The molecule has 1 fully saturated rings. The maximum atomic E-state index is 13.3. The molecule has 35 heavy (non-hydrogen) atoms. The number of hydrogen-bond donors (Lipinski definition) is 0. The minimum Gasteiger partial charge on any atom is -0.326 e. The van der Waals surface area contributed by atoms with Crippen LogP contribution >= 0.6 is 0 Å². The van der Waals surface area contributed by atoms with Crippen molar-refractivity contribution < 1.29 is 8.42 Å². The molecule has 5 aromatic rings. The molecule has 7 nitrogen and oxygen atoms in total. The van der Waals surface area contributed by atoms with E-state index < -0.39 is 10.0 Å². The van der Waals surface area contributed by atoms with Crippen LogP contribution in [-0.2, 0) is 16.6 Å². The first kappa shape index (κ1) is 22.0. The number of likely N-dealkylation sites (tertiary alicyclic amines) is 1. The molecular weight excluding hydrogens is 458 g/mol. The molecule has 2 unspecified atom stereocenters. The molecule has 4 heterocycles. The highest BCUT2D eigenvalue weighted by molar-refractivity contribution is 7.90. The van der Waals surface area contributed by atoms with Gasteiger partial charge in [0.2, 0.25) is 0 Å². The molecule has 1 aliphatic heterocycles. The van der Waals surface area contributed by atoms with Crippen LogP contribution in [0.1, 0.15) is 24.9 Å². The maximum absolute atomic E-state index is 13.3. The van der Waals surface area contributed by atoms with Crippen LogP contribution in [-0.4, -0.2) is 44.9 Å². The van der Waals surface area contributed by atoms with Crippen molar-refractivity contribution in [3.05, 3.63) is 91.0 Å². The fourth-order valence-electron chi connectivity index (χ4n) is 5.36. The van der Waals surface area contributed by atoms with E-state index >= 15 is 0 Å². The SMILES string of the molecule is CC1CN(Cc2ccccc2)CCC1n1cnc2cnc3c(ccn3S(=O)(=O)c3ccccc3)c21. The standard InChI is InChI=1S/C27H27N5O2S/c1-20-17-30(18-21-8-4-2-5-9-21)14-13-25(20)31-19-29-24-16-28-27-23(26(24)31)12-15-32(27)35(33,34)22-10-6-3-7-11-22/h2-12,15-16,19-20,25H,13-14,17-18H2,1H3. The Morgan fingerprint density at radius 3 is 2.46 bits per heavy atom. The van der Waals surface area contributed by atoms with Gasteiger partial charge in [0.05, 0.1) is 22.9 Å². The molecule has 1 aliphatic rings.